The molecule has 2 rings (SSSR count). The van der Waals surface area contributed by atoms with Gasteiger partial charge in [-0.1, -0.05) is 34.8 Å². The minimum atomic E-state index is 0.458. The molecule has 0 heterocycles. The average molecular weight is 388 g/mol. The van der Waals surface area contributed by atoms with E-state index in [4.69, 9.17) is 44.3 Å². The van der Waals surface area contributed by atoms with Gasteiger partial charge in [0.25, 0.3) is 0 Å². The Kier molecular flexibility index (Phi) is 7.03. The smallest absolute Gasteiger partial charge is 0.179 e. The second-order valence-corrected chi connectivity index (χ2v) is 5.92. The van der Waals surface area contributed by atoms with Crippen LogP contribution in [-0.2, 0) is 0 Å². The first-order chi connectivity index (χ1) is 11.5. The average Bonchev–Trinajstić information content (AvgIpc) is 2.54. The Balaban J connectivity index is 2.17. The molecule has 0 bridgehead atoms. The number of hydrogen-bond acceptors (Lipinski definition) is 4. The largest absolute Gasteiger partial charge is 0.490 e. The van der Waals surface area contributed by atoms with E-state index in [9.17, 15) is 0 Å². The van der Waals surface area contributed by atoms with Crippen LogP contribution in [0.4, 0.5) is 5.69 Å². The lowest BCUT2D eigenvalue weighted by Crippen LogP contribution is -2.00. The van der Waals surface area contributed by atoms with E-state index in [1.54, 1.807) is 30.5 Å². The number of rotatable bonds is 7. The molecule has 0 fully saturated rings. The second-order valence-electron chi connectivity index (χ2n) is 4.69. The fourth-order valence-corrected chi connectivity index (χ4v) is 2.53. The zero-order valence-corrected chi connectivity index (χ0v) is 15.5. The topological polar surface area (TPSA) is 42.8 Å². The number of anilines is 1. The van der Waals surface area contributed by atoms with Crippen molar-refractivity contribution in [3.8, 4) is 11.5 Å². The summed E-state index contributed by atoms with van der Waals surface area (Å²) in [5, 5.41) is 5.59. The van der Waals surface area contributed by atoms with E-state index in [1.165, 1.54) is 0 Å². The molecule has 0 atom stereocenters. The zero-order chi connectivity index (χ0) is 17.5. The maximum Gasteiger partial charge on any atom is 0.179 e. The van der Waals surface area contributed by atoms with Crippen molar-refractivity contribution in [1.82, 2.24) is 0 Å². The maximum absolute atomic E-state index is 6.26. The third-order valence-corrected chi connectivity index (χ3v) is 3.97. The van der Waals surface area contributed by atoms with Crippen LogP contribution in [0, 0.1) is 0 Å². The van der Waals surface area contributed by atoms with Gasteiger partial charge in [0.2, 0.25) is 0 Å². The Morgan fingerprint density at radius 1 is 0.958 bits per heavy atom. The van der Waals surface area contributed by atoms with Crippen molar-refractivity contribution in [3.63, 3.8) is 0 Å². The maximum atomic E-state index is 6.26. The normalized spacial score (nSPS) is 10.9. The van der Waals surface area contributed by atoms with E-state index in [2.05, 4.69) is 10.5 Å². The summed E-state index contributed by atoms with van der Waals surface area (Å²) < 4.78 is 11.1. The summed E-state index contributed by atoms with van der Waals surface area (Å²) in [4.78, 5) is 0. The van der Waals surface area contributed by atoms with Crippen molar-refractivity contribution in [2.24, 2.45) is 5.10 Å². The van der Waals surface area contributed by atoms with Gasteiger partial charge in [0.05, 0.1) is 40.2 Å². The number of ether oxygens (including phenoxy) is 2. The molecule has 0 radical (unpaired) electrons. The molecule has 0 aliphatic carbocycles. The van der Waals surface area contributed by atoms with Crippen LogP contribution < -0.4 is 14.9 Å². The second kappa shape index (κ2) is 9.02. The van der Waals surface area contributed by atoms with Crippen molar-refractivity contribution in [3.05, 3.63) is 51.0 Å². The van der Waals surface area contributed by atoms with Crippen molar-refractivity contribution >= 4 is 46.7 Å². The van der Waals surface area contributed by atoms with E-state index in [0.29, 0.717) is 39.8 Å². The number of nitrogens with one attached hydrogen (secondary N) is 1. The molecule has 0 aromatic heterocycles. The molecule has 0 saturated heterocycles. The van der Waals surface area contributed by atoms with Crippen LogP contribution in [0.1, 0.15) is 19.4 Å². The molecular formula is C17H17Cl3N2O2. The summed E-state index contributed by atoms with van der Waals surface area (Å²) >= 11 is 18.1. The zero-order valence-electron chi connectivity index (χ0n) is 13.3. The highest BCUT2D eigenvalue weighted by molar-refractivity contribution is 6.42. The molecule has 128 valence electrons. The van der Waals surface area contributed by atoms with Crippen LogP contribution in [0.15, 0.2) is 35.4 Å². The lowest BCUT2D eigenvalue weighted by molar-refractivity contribution is 0.288. The van der Waals surface area contributed by atoms with E-state index < -0.39 is 0 Å². The van der Waals surface area contributed by atoms with Crippen molar-refractivity contribution in [2.75, 3.05) is 18.6 Å². The predicted octanol–water partition coefficient (Wildman–Crippen LogP) is 5.89. The van der Waals surface area contributed by atoms with Gasteiger partial charge in [-0.3, -0.25) is 5.43 Å². The Morgan fingerprint density at radius 3 is 2.38 bits per heavy atom. The molecule has 0 aliphatic rings. The molecule has 0 spiro atoms. The molecule has 4 nitrogen and oxygen atoms in total. The van der Waals surface area contributed by atoms with Crippen molar-refractivity contribution in [1.29, 1.82) is 0 Å². The molecule has 0 aliphatic heterocycles. The van der Waals surface area contributed by atoms with Crippen LogP contribution in [0.3, 0.4) is 0 Å². The van der Waals surface area contributed by atoms with E-state index >= 15 is 0 Å². The van der Waals surface area contributed by atoms with Crippen LogP contribution in [-0.4, -0.2) is 19.4 Å². The molecule has 2 aromatic rings. The van der Waals surface area contributed by atoms with Gasteiger partial charge in [0, 0.05) is 0 Å². The van der Waals surface area contributed by atoms with Gasteiger partial charge in [-0.25, -0.2) is 0 Å². The first-order valence-corrected chi connectivity index (χ1v) is 8.51. The highest BCUT2D eigenvalue weighted by Gasteiger charge is 2.11. The van der Waals surface area contributed by atoms with Gasteiger partial charge in [-0.15, -0.1) is 0 Å². The molecule has 24 heavy (non-hydrogen) atoms. The summed E-state index contributed by atoms with van der Waals surface area (Å²) in [7, 11) is 0. The van der Waals surface area contributed by atoms with Crippen LogP contribution in [0.2, 0.25) is 15.1 Å². The van der Waals surface area contributed by atoms with Crippen LogP contribution >= 0.6 is 34.8 Å². The minimum absolute atomic E-state index is 0.458. The highest BCUT2D eigenvalue weighted by atomic mass is 35.5. The molecular weight excluding hydrogens is 371 g/mol. The monoisotopic (exact) mass is 386 g/mol. The molecule has 0 saturated carbocycles. The number of hydrazone groups is 1. The lowest BCUT2D eigenvalue weighted by Gasteiger charge is -2.13. The number of nitrogens with zero attached hydrogens (tertiary/aromatic N) is 1. The minimum Gasteiger partial charge on any atom is -0.490 e. The van der Waals surface area contributed by atoms with Crippen LogP contribution in [0.5, 0.6) is 11.5 Å². The molecule has 0 unspecified atom stereocenters. The van der Waals surface area contributed by atoms with E-state index in [-0.39, 0.29) is 0 Å². The molecule has 7 heteroatoms. The summed E-state index contributed by atoms with van der Waals surface area (Å²) in [6.45, 7) is 4.81. The SMILES string of the molecule is CCOc1cc(C=NNc2ccc(Cl)c(Cl)c2)cc(Cl)c1OCC. The molecule has 0 amide bonds. The van der Waals surface area contributed by atoms with Gasteiger partial charge in [-0.05, 0) is 49.7 Å². The Labute approximate surface area is 156 Å². The van der Waals surface area contributed by atoms with Gasteiger partial charge in [-0.2, -0.15) is 5.10 Å². The first-order valence-electron chi connectivity index (χ1n) is 7.38. The summed E-state index contributed by atoms with van der Waals surface area (Å²) in [5.41, 5.74) is 4.39. The number of halogens is 3. The first kappa shape index (κ1) is 18.7. The summed E-state index contributed by atoms with van der Waals surface area (Å²) in [6, 6.07) is 8.75. The number of benzene rings is 2. The number of hydrogen-bond donors (Lipinski definition) is 1. The Hall–Kier alpha value is -1.62. The van der Waals surface area contributed by atoms with Crippen LogP contribution in [0.25, 0.3) is 0 Å². The molecule has 1 N–H and O–H groups in total. The van der Waals surface area contributed by atoms with E-state index in [0.717, 1.165) is 11.3 Å². The van der Waals surface area contributed by atoms with Crippen molar-refractivity contribution < 1.29 is 9.47 Å². The third-order valence-electron chi connectivity index (χ3n) is 2.95. The van der Waals surface area contributed by atoms with E-state index in [1.807, 2.05) is 19.9 Å². The van der Waals surface area contributed by atoms with Gasteiger partial charge in [0.1, 0.15) is 0 Å². The van der Waals surface area contributed by atoms with Crippen molar-refractivity contribution in [2.45, 2.75) is 13.8 Å². The highest BCUT2D eigenvalue weighted by Crippen LogP contribution is 2.36. The van der Waals surface area contributed by atoms with Gasteiger partial charge in [0.15, 0.2) is 11.5 Å². The Bertz CT molecular complexity index is 736. The third kappa shape index (κ3) is 4.94. The van der Waals surface area contributed by atoms with Gasteiger partial charge >= 0.3 is 0 Å². The quantitative estimate of drug-likeness (QED) is 0.476. The summed E-state index contributed by atoms with van der Waals surface area (Å²) in [6.07, 6.45) is 1.63. The van der Waals surface area contributed by atoms with Gasteiger partial charge < -0.3 is 9.47 Å². The lowest BCUT2D eigenvalue weighted by atomic mass is 10.2. The predicted molar refractivity (Wildman–Crippen MR) is 101 cm³/mol. The molecule has 2 aromatic carbocycles. The summed E-state index contributed by atoms with van der Waals surface area (Å²) in [5.74, 6) is 1.12. The fraction of sp³-hybridized carbons (Fsp3) is 0.235. The fourth-order valence-electron chi connectivity index (χ4n) is 1.96. The standard InChI is InChI=1S/C17H17Cl3N2O2/c1-3-23-16-8-11(7-15(20)17(16)24-4-2)10-21-22-12-5-6-13(18)14(19)9-12/h5-10,22H,3-4H2,1-2H3. The Morgan fingerprint density at radius 2 is 1.71 bits per heavy atom.